The Hall–Kier alpha value is -1.71. The molecule has 7 nitrogen and oxygen atoms in total. The Morgan fingerprint density at radius 2 is 2.29 bits per heavy atom. The number of aromatic amines is 1. The lowest BCUT2D eigenvalue weighted by Crippen LogP contribution is -2.30. The van der Waals surface area contributed by atoms with Crippen molar-refractivity contribution in [1.29, 1.82) is 0 Å². The standard InChI is InChI=1S/C4H4F3N5O2/c5-4(6,7)1-14-10-3(13)2-8-11-12-9-2/h1H2,(H,10,13)(H,8,9,11,12). The molecule has 1 rings (SSSR count). The number of tetrazole rings is 1. The molecular formula is C4H4F3N5O2. The van der Waals surface area contributed by atoms with E-state index < -0.39 is 24.5 Å². The molecule has 0 aliphatic carbocycles. The van der Waals surface area contributed by atoms with E-state index in [-0.39, 0.29) is 0 Å². The first-order chi connectivity index (χ1) is 6.49. The molecule has 0 saturated heterocycles. The normalized spacial score (nSPS) is 11.4. The molecule has 0 unspecified atom stereocenters. The molecule has 1 amide bonds. The van der Waals surface area contributed by atoms with Crippen molar-refractivity contribution in [3.05, 3.63) is 5.82 Å². The lowest BCUT2D eigenvalue weighted by molar-refractivity contribution is -0.184. The summed E-state index contributed by atoms with van der Waals surface area (Å²) in [6.07, 6.45) is -4.51. The fraction of sp³-hybridized carbons (Fsp3) is 0.500. The minimum absolute atomic E-state index is 0.410. The molecule has 0 radical (unpaired) electrons. The van der Waals surface area contributed by atoms with Crippen LogP contribution in [0.3, 0.4) is 0 Å². The van der Waals surface area contributed by atoms with E-state index in [1.165, 1.54) is 5.48 Å². The molecule has 1 aromatic rings. The highest BCUT2D eigenvalue weighted by Gasteiger charge is 2.28. The molecule has 2 N–H and O–H groups in total. The summed E-state index contributed by atoms with van der Waals surface area (Å²) >= 11 is 0. The number of amides is 1. The number of nitrogens with zero attached hydrogens (tertiary/aromatic N) is 3. The molecule has 10 heteroatoms. The quantitative estimate of drug-likeness (QED) is 0.652. The van der Waals surface area contributed by atoms with Gasteiger partial charge in [0.15, 0.2) is 6.61 Å². The first-order valence-corrected chi connectivity index (χ1v) is 3.21. The van der Waals surface area contributed by atoms with Crippen molar-refractivity contribution in [1.82, 2.24) is 26.1 Å². The van der Waals surface area contributed by atoms with Crippen molar-refractivity contribution in [3.8, 4) is 0 Å². The average molecular weight is 211 g/mol. The summed E-state index contributed by atoms with van der Waals surface area (Å²) in [5.74, 6) is -1.42. The Bertz CT molecular complexity index is 296. The van der Waals surface area contributed by atoms with Gasteiger partial charge in [0.25, 0.3) is 5.82 Å². The van der Waals surface area contributed by atoms with Crippen LogP contribution in [0.4, 0.5) is 13.2 Å². The van der Waals surface area contributed by atoms with E-state index in [1.807, 2.05) is 5.21 Å². The third kappa shape index (κ3) is 3.35. The number of alkyl halides is 3. The van der Waals surface area contributed by atoms with Crippen molar-refractivity contribution < 1.29 is 22.8 Å². The monoisotopic (exact) mass is 211 g/mol. The van der Waals surface area contributed by atoms with Gasteiger partial charge in [-0.2, -0.15) is 18.4 Å². The molecule has 1 heterocycles. The minimum atomic E-state index is -4.51. The van der Waals surface area contributed by atoms with Crippen LogP contribution in [0.5, 0.6) is 0 Å². The zero-order valence-electron chi connectivity index (χ0n) is 6.50. The number of hydrogen-bond donors (Lipinski definition) is 2. The van der Waals surface area contributed by atoms with Crippen molar-refractivity contribution in [2.75, 3.05) is 6.61 Å². The van der Waals surface area contributed by atoms with Gasteiger partial charge in [-0.15, -0.1) is 10.2 Å². The third-order valence-electron chi connectivity index (χ3n) is 0.949. The van der Waals surface area contributed by atoms with Gasteiger partial charge in [0.2, 0.25) is 0 Å². The highest BCUT2D eigenvalue weighted by atomic mass is 19.4. The van der Waals surface area contributed by atoms with Gasteiger partial charge in [-0.1, -0.05) is 0 Å². The second-order valence-corrected chi connectivity index (χ2v) is 2.07. The predicted molar refractivity (Wildman–Crippen MR) is 33.7 cm³/mol. The second-order valence-electron chi connectivity index (χ2n) is 2.07. The lowest BCUT2D eigenvalue weighted by Gasteiger charge is -2.06. The van der Waals surface area contributed by atoms with Crippen molar-refractivity contribution in [3.63, 3.8) is 0 Å². The van der Waals surface area contributed by atoms with E-state index in [2.05, 4.69) is 20.2 Å². The van der Waals surface area contributed by atoms with Gasteiger partial charge >= 0.3 is 12.1 Å². The molecule has 14 heavy (non-hydrogen) atoms. The van der Waals surface area contributed by atoms with Gasteiger partial charge in [0, 0.05) is 0 Å². The molecule has 1 aromatic heterocycles. The summed E-state index contributed by atoms with van der Waals surface area (Å²) in [5, 5.41) is 11.4. The van der Waals surface area contributed by atoms with Crippen LogP contribution in [-0.4, -0.2) is 39.3 Å². The van der Waals surface area contributed by atoms with Crippen LogP contribution in [0.1, 0.15) is 10.6 Å². The number of hydrogen-bond acceptors (Lipinski definition) is 5. The minimum Gasteiger partial charge on any atom is -0.264 e. The summed E-state index contributed by atoms with van der Waals surface area (Å²) in [6.45, 7) is -1.59. The number of H-pyrrole nitrogens is 1. The van der Waals surface area contributed by atoms with E-state index in [9.17, 15) is 18.0 Å². The number of aromatic nitrogens is 4. The third-order valence-corrected chi connectivity index (χ3v) is 0.949. The Morgan fingerprint density at radius 3 is 2.79 bits per heavy atom. The average Bonchev–Trinajstić information content (AvgIpc) is 2.53. The van der Waals surface area contributed by atoms with Gasteiger partial charge in [0.05, 0.1) is 0 Å². The molecule has 0 saturated carbocycles. The summed E-state index contributed by atoms with van der Waals surface area (Å²) in [5.41, 5.74) is 1.50. The molecular weight excluding hydrogens is 207 g/mol. The van der Waals surface area contributed by atoms with Crippen LogP contribution in [-0.2, 0) is 4.84 Å². The topological polar surface area (TPSA) is 92.8 Å². The highest BCUT2D eigenvalue weighted by molar-refractivity contribution is 5.89. The molecule has 0 fully saturated rings. The van der Waals surface area contributed by atoms with E-state index in [4.69, 9.17) is 0 Å². The Kier molecular flexibility index (Phi) is 2.96. The number of carbonyl (C=O) groups is 1. The number of rotatable bonds is 3. The fourth-order valence-corrected chi connectivity index (χ4v) is 0.487. The molecule has 0 aromatic carbocycles. The van der Waals surface area contributed by atoms with Crippen LogP contribution in [0.25, 0.3) is 0 Å². The van der Waals surface area contributed by atoms with Gasteiger partial charge < -0.3 is 0 Å². The number of hydroxylamine groups is 1. The SMILES string of the molecule is O=C(NOCC(F)(F)F)c1nn[nH]n1. The van der Waals surface area contributed by atoms with E-state index in [0.717, 1.165) is 0 Å². The molecule has 0 aliphatic heterocycles. The summed E-state index contributed by atoms with van der Waals surface area (Å²) < 4.78 is 34.6. The van der Waals surface area contributed by atoms with Crippen LogP contribution in [0.15, 0.2) is 0 Å². The van der Waals surface area contributed by atoms with Gasteiger partial charge in [-0.25, -0.2) is 5.48 Å². The van der Waals surface area contributed by atoms with Gasteiger partial charge in [-0.05, 0) is 5.21 Å². The van der Waals surface area contributed by atoms with Crippen LogP contribution >= 0.6 is 0 Å². The van der Waals surface area contributed by atoms with Crippen molar-refractivity contribution in [2.24, 2.45) is 0 Å². The first-order valence-electron chi connectivity index (χ1n) is 3.21. The fourth-order valence-electron chi connectivity index (χ4n) is 0.487. The molecule has 0 aliphatic rings. The molecule has 0 atom stereocenters. The maximum Gasteiger partial charge on any atom is 0.414 e. The largest absolute Gasteiger partial charge is 0.414 e. The maximum atomic E-state index is 11.5. The van der Waals surface area contributed by atoms with Crippen LogP contribution < -0.4 is 5.48 Å². The van der Waals surface area contributed by atoms with Gasteiger partial charge in [-0.3, -0.25) is 9.63 Å². The van der Waals surface area contributed by atoms with Crippen LogP contribution in [0, 0.1) is 0 Å². The van der Waals surface area contributed by atoms with E-state index in [0.29, 0.717) is 0 Å². The van der Waals surface area contributed by atoms with Crippen molar-refractivity contribution >= 4 is 5.91 Å². The predicted octanol–water partition coefficient (Wildman–Crippen LogP) is -0.577. The lowest BCUT2D eigenvalue weighted by atomic mass is 10.6. The van der Waals surface area contributed by atoms with E-state index in [1.54, 1.807) is 0 Å². The summed E-state index contributed by atoms with van der Waals surface area (Å²) in [7, 11) is 0. The molecule has 0 spiro atoms. The number of halogens is 3. The van der Waals surface area contributed by atoms with Crippen LogP contribution in [0.2, 0.25) is 0 Å². The second kappa shape index (κ2) is 4.00. The Labute approximate surface area is 74.6 Å². The summed E-state index contributed by atoms with van der Waals surface area (Å²) in [4.78, 5) is 14.6. The zero-order valence-corrected chi connectivity index (χ0v) is 6.50. The first kappa shape index (κ1) is 10.4. The number of carbonyl (C=O) groups excluding carboxylic acids is 1. The maximum absolute atomic E-state index is 11.5. The Balaban J connectivity index is 2.30. The van der Waals surface area contributed by atoms with Gasteiger partial charge in [0.1, 0.15) is 0 Å². The molecule has 78 valence electrons. The number of nitrogens with one attached hydrogen (secondary N) is 2. The zero-order chi connectivity index (χ0) is 10.6. The summed E-state index contributed by atoms with van der Waals surface area (Å²) in [6, 6.07) is 0. The van der Waals surface area contributed by atoms with E-state index >= 15 is 0 Å². The molecule has 0 bridgehead atoms. The Morgan fingerprint density at radius 1 is 1.57 bits per heavy atom. The van der Waals surface area contributed by atoms with Crippen molar-refractivity contribution in [2.45, 2.75) is 6.18 Å². The smallest absolute Gasteiger partial charge is 0.264 e. The highest BCUT2D eigenvalue weighted by Crippen LogP contribution is 2.13.